The van der Waals surface area contributed by atoms with Crippen molar-refractivity contribution < 1.29 is 13.2 Å². The van der Waals surface area contributed by atoms with Gasteiger partial charge in [0.1, 0.15) is 0 Å². The number of para-hydroxylation sites is 1. The molecule has 0 fully saturated rings. The zero-order valence-corrected chi connectivity index (χ0v) is 43.8. The number of fused-ring (bicyclic) bond motifs is 6. The largest absolute Gasteiger partial charge is 0.418 e. The minimum atomic E-state index is -4.76. The summed E-state index contributed by atoms with van der Waals surface area (Å²) in [7, 11) is 0. The van der Waals surface area contributed by atoms with E-state index < -0.39 is 11.7 Å². The number of aromatic nitrogens is 2. The Hall–Kier alpha value is -8.92. The molecule has 0 radical (unpaired) electrons. The zero-order chi connectivity index (χ0) is 52.9. The number of benzene rings is 10. The van der Waals surface area contributed by atoms with Crippen molar-refractivity contribution in [2.24, 2.45) is 0 Å². The first-order valence-corrected chi connectivity index (χ1v) is 25.7. The lowest BCUT2D eigenvalue weighted by Gasteiger charge is -2.22. The van der Waals surface area contributed by atoms with Crippen LogP contribution in [-0.4, -0.2) is 9.13 Å². The van der Waals surface area contributed by atoms with Gasteiger partial charge in [-0.15, -0.1) is 0 Å². The molecule has 0 saturated carbocycles. The van der Waals surface area contributed by atoms with Crippen molar-refractivity contribution in [3.8, 4) is 67.0 Å². The van der Waals surface area contributed by atoms with Crippen LogP contribution in [0.1, 0.15) is 50.1 Å². The summed E-state index contributed by atoms with van der Waals surface area (Å²) in [4.78, 5) is 3.90. The first-order chi connectivity index (χ1) is 36.5. The second-order valence-electron chi connectivity index (χ2n) is 20.9. The van der Waals surface area contributed by atoms with Gasteiger partial charge in [0, 0.05) is 27.1 Å². The molecule has 0 aliphatic carbocycles. The molecule has 3 nitrogen and oxygen atoms in total. The molecule has 6 heteroatoms. The van der Waals surface area contributed by atoms with Crippen LogP contribution in [0.5, 0.6) is 0 Å². The van der Waals surface area contributed by atoms with Gasteiger partial charge in [-0.1, -0.05) is 138 Å². The van der Waals surface area contributed by atoms with Crippen molar-refractivity contribution in [3.05, 3.63) is 243 Å². The average Bonchev–Trinajstić information content (AvgIpc) is 3.92. The van der Waals surface area contributed by atoms with Gasteiger partial charge in [-0.25, -0.2) is 4.85 Å². The van der Waals surface area contributed by atoms with E-state index in [4.69, 9.17) is 6.57 Å². The molecule has 370 valence electrons. The minimum absolute atomic E-state index is 0.00746. The van der Waals surface area contributed by atoms with Crippen LogP contribution in [0.15, 0.2) is 182 Å². The molecule has 0 aliphatic heterocycles. The van der Waals surface area contributed by atoms with Crippen LogP contribution in [0.4, 0.5) is 18.9 Å². The van der Waals surface area contributed by atoms with E-state index >= 15 is 13.2 Å². The molecular weight excluding hydrogens is 940 g/mol. The summed E-state index contributed by atoms with van der Waals surface area (Å²) in [5, 5.41) is 3.67. The monoisotopic (exact) mass is 993 g/mol. The fraction of sp³-hybridized carbons (Fsp3) is 0.129. The van der Waals surface area contributed by atoms with Gasteiger partial charge in [0.2, 0.25) is 0 Å². The number of rotatable bonds is 7. The Morgan fingerprint density at radius 1 is 0.355 bits per heavy atom. The number of hydrogen-bond acceptors (Lipinski definition) is 0. The smallest absolute Gasteiger partial charge is 0.309 e. The number of alkyl halides is 3. The first kappa shape index (κ1) is 48.0. The van der Waals surface area contributed by atoms with Crippen LogP contribution in [0.3, 0.4) is 0 Å². The Morgan fingerprint density at radius 3 is 1.07 bits per heavy atom. The van der Waals surface area contributed by atoms with E-state index in [0.717, 1.165) is 99.3 Å². The highest BCUT2D eigenvalue weighted by Crippen LogP contribution is 2.48. The number of hydrogen-bond donors (Lipinski definition) is 0. The van der Waals surface area contributed by atoms with Crippen LogP contribution in [0.25, 0.3) is 115 Å². The zero-order valence-electron chi connectivity index (χ0n) is 43.8. The van der Waals surface area contributed by atoms with Crippen molar-refractivity contribution in [3.63, 3.8) is 0 Å². The number of aryl methyl sites for hydroxylation is 8. The predicted molar refractivity (Wildman–Crippen MR) is 311 cm³/mol. The molecule has 2 aromatic heterocycles. The fourth-order valence-corrected chi connectivity index (χ4v) is 12.0. The third kappa shape index (κ3) is 8.06. The van der Waals surface area contributed by atoms with Gasteiger partial charge >= 0.3 is 6.18 Å². The van der Waals surface area contributed by atoms with Gasteiger partial charge in [0.15, 0.2) is 5.69 Å². The summed E-state index contributed by atoms with van der Waals surface area (Å²) in [5.41, 5.74) is 21.8. The van der Waals surface area contributed by atoms with Gasteiger partial charge in [-0.05, 0) is 194 Å². The molecular formula is C70H54F3N3. The Labute approximate surface area is 441 Å². The van der Waals surface area contributed by atoms with E-state index in [1.54, 1.807) is 18.2 Å². The molecule has 0 bridgehead atoms. The standard InChI is InChI=1S/C70H54F3N3/c1-40-13-22-53(44(5)31-40)48-17-26-64-58(35-48)59-36-49(54-23-14-41(2)32-45(54)6)18-27-65(59)75(64)66-30-21-52(74-9)39-62(66)57-11-10-12-63(70(71,72)73)69(57)76-67-28-19-50(55-24-15-42(3)33-46(55)7)37-60(67)61-38-51(20-29-68(61)76)56-25-16-43(4)34-47(56)8/h10-39H,1-8H3. The summed E-state index contributed by atoms with van der Waals surface area (Å²) in [6.07, 6.45) is -4.76. The van der Waals surface area contributed by atoms with Gasteiger partial charge in [0.25, 0.3) is 0 Å². The van der Waals surface area contributed by atoms with Crippen molar-refractivity contribution in [1.29, 1.82) is 0 Å². The molecule has 2 heterocycles. The maximum atomic E-state index is 16.2. The maximum Gasteiger partial charge on any atom is 0.418 e. The van der Waals surface area contributed by atoms with Crippen molar-refractivity contribution in [2.45, 2.75) is 61.6 Å². The highest BCUT2D eigenvalue weighted by Gasteiger charge is 2.37. The Bertz CT molecular complexity index is 4220. The molecule has 0 unspecified atom stereocenters. The van der Waals surface area contributed by atoms with Gasteiger partial charge in [0.05, 0.1) is 45.6 Å². The Morgan fingerprint density at radius 2 is 0.724 bits per heavy atom. The summed E-state index contributed by atoms with van der Waals surface area (Å²) >= 11 is 0. The average molecular weight is 994 g/mol. The topological polar surface area (TPSA) is 14.2 Å². The third-order valence-corrected chi connectivity index (χ3v) is 15.5. The van der Waals surface area contributed by atoms with Crippen LogP contribution in [0, 0.1) is 62.0 Å². The quantitative estimate of drug-likeness (QED) is 0.141. The van der Waals surface area contributed by atoms with Gasteiger partial charge < -0.3 is 9.13 Å². The number of halogens is 3. The van der Waals surface area contributed by atoms with Crippen molar-refractivity contribution in [2.75, 3.05) is 0 Å². The number of nitrogens with zero attached hydrogens (tertiary/aromatic N) is 3. The van der Waals surface area contributed by atoms with E-state index in [0.29, 0.717) is 33.5 Å². The van der Waals surface area contributed by atoms with Crippen molar-refractivity contribution in [1.82, 2.24) is 9.13 Å². The second kappa shape index (κ2) is 18.2. The molecule has 76 heavy (non-hydrogen) atoms. The first-order valence-electron chi connectivity index (χ1n) is 25.7. The van der Waals surface area contributed by atoms with E-state index in [1.807, 2.05) is 34.9 Å². The lowest BCUT2D eigenvalue weighted by Crippen LogP contribution is -2.12. The predicted octanol–water partition coefficient (Wildman–Crippen LogP) is 20.3. The van der Waals surface area contributed by atoms with E-state index in [-0.39, 0.29) is 5.69 Å². The Balaban J connectivity index is 1.17. The highest BCUT2D eigenvalue weighted by molar-refractivity contribution is 6.14. The molecule has 12 aromatic rings. The molecule has 0 amide bonds. The van der Waals surface area contributed by atoms with Crippen LogP contribution in [-0.2, 0) is 6.18 Å². The molecule has 0 atom stereocenters. The molecule has 0 spiro atoms. The van der Waals surface area contributed by atoms with Gasteiger partial charge in [-0.2, -0.15) is 13.2 Å². The lowest BCUT2D eigenvalue weighted by molar-refractivity contribution is -0.137. The normalized spacial score (nSPS) is 11.9. The Kier molecular flexibility index (Phi) is 11.5. The second-order valence-corrected chi connectivity index (χ2v) is 20.9. The maximum absolute atomic E-state index is 16.2. The van der Waals surface area contributed by atoms with Crippen LogP contribution in [0.2, 0.25) is 0 Å². The summed E-state index contributed by atoms with van der Waals surface area (Å²) in [6, 6.07) is 61.0. The van der Waals surface area contributed by atoms with E-state index in [2.05, 4.69) is 186 Å². The molecule has 10 aromatic carbocycles. The van der Waals surface area contributed by atoms with Crippen LogP contribution < -0.4 is 0 Å². The summed E-state index contributed by atoms with van der Waals surface area (Å²) < 4.78 is 52.5. The molecule has 12 rings (SSSR count). The van der Waals surface area contributed by atoms with Gasteiger partial charge in [-0.3, -0.25) is 0 Å². The fourth-order valence-electron chi connectivity index (χ4n) is 12.0. The SMILES string of the molecule is [C-]#[N+]c1ccc(-n2c3ccc(-c4ccc(C)cc4C)cc3c3cc(-c4ccc(C)cc4C)ccc32)c(-c2cccc(C(F)(F)F)c2-n2c3ccc(-c4ccc(C)cc4C)cc3c3cc(-c4ccc(C)cc4C)ccc32)c1. The van der Waals surface area contributed by atoms with Crippen molar-refractivity contribution >= 4 is 49.3 Å². The highest BCUT2D eigenvalue weighted by atomic mass is 19.4. The minimum Gasteiger partial charge on any atom is -0.309 e. The molecule has 0 saturated heterocycles. The third-order valence-electron chi connectivity index (χ3n) is 15.5. The van der Waals surface area contributed by atoms with E-state index in [1.165, 1.54) is 34.4 Å². The summed E-state index contributed by atoms with van der Waals surface area (Å²) in [5.74, 6) is 0. The molecule has 0 N–H and O–H groups in total. The molecule has 0 aliphatic rings. The van der Waals surface area contributed by atoms with E-state index in [9.17, 15) is 0 Å². The lowest BCUT2D eigenvalue weighted by atomic mass is 9.95. The summed E-state index contributed by atoms with van der Waals surface area (Å²) in [6.45, 7) is 25.1. The van der Waals surface area contributed by atoms with Crippen LogP contribution >= 0.6 is 0 Å².